The average Bonchev–Trinajstić information content (AvgIpc) is 2.76. The van der Waals surface area contributed by atoms with Crippen molar-refractivity contribution in [1.82, 2.24) is 5.32 Å². The number of ether oxygens (including phenoxy) is 1. The van der Waals surface area contributed by atoms with E-state index in [0.717, 1.165) is 21.5 Å². The van der Waals surface area contributed by atoms with Crippen LogP contribution in [0.3, 0.4) is 0 Å². The van der Waals surface area contributed by atoms with Crippen molar-refractivity contribution in [2.75, 3.05) is 6.54 Å². The standard InChI is InChI=1S/C14H13BrClF2NOS/c1-2-19-12(11-7-10(15)13(16)21-11)8-3-5-9(6-4-8)20-14(17)18/h3-7,12,14,19H,2H2,1H3. The molecule has 0 spiro atoms. The summed E-state index contributed by atoms with van der Waals surface area (Å²) in [6.45, 7) is -0.0361. The van der Waals surface area contributed by atoms with Crippen LogP contribution in [0.2, 0.25) is 4.34 Å². The van der Waals surface area contributed by atoms with E-state index in [1.807, 2.05) is 13.0 Å². The normalized spacial score (nSPS) is 12.7. The molecule has 1 atom stereocenters. The summed E-state index contributed by atoms with van der Waals surface area (Å²) >= 11 is 11.0. The van der Waals surface area contributed by atoms with E-state index < -0.39 is 6.61 Å². The lowest BCUT2D eigenvalue weighted by molar-refractivity contribution is -0.0498. The molecule has 0 saturated carbocycles. The fourth-order valence-corrected chi connectivity index (χ4v) is 3.77. The van der Waals surface area contributed by atoms with Crippen molar-refractivity contribution < 1.29 is 13.5 Å². The predicted octanol–water partition coefficient (Wildman–Crippen LogP) is 5.46. The van der Waals surface area contributed by atoms with E-state index in [0.29, 0.717) is 4.34 Å². The van der Waals surface area contributed by atoms with Crippen LogP contribution in [0.1, 0.15) is 23.4 Å². The highest BCUT2D eigenvalue weighted by Gasteiger charge is 2.17. The van der Waals surface area contributed by atoms with Crippen LogP contribution in [-0.4, -0.2) is 13.2 Å². The van der Waals surface area contributed by atoms with Crippen molar-refractivity contribution in [2.24, 2.45) is 0 Å². The van der Waals surface area contributed by atoms with Gasteiger partial charge in [-0.2, -0.15) is 8.78 Å². The molecule has 114 valence electrons. The van der Waals surface area contributed by atoms with Gasteiger partial charge in [0.15, 0.2) is 0 Å². The molecule has 1 heterocycles. The van der Waals surface area contributed by atoms with Crippen molar-refractivity contribution in [3.05, 3.63) is 49.6 Å². The summed E-state index contributed by atoms with van der Waals surface area (Å²) in [4.78, 5) is 1.05. The van der Waals surface area contributed by atoms with Crippen LogP contribution in [0.25, 0.3) is 0 Å². The van der Waals surface area contributed by atoms with Crippen LogP contribution in [0.15, 0.2) is 34.8 Å². The molecular formula is C14H13BrClF2NOS. The molecule has 0 radical (unpaired) electrons. The lowest BCUT2D eigenvalue weighted by atomic mass is 10.1. The minimum absolute atomic E-state index is 0.0376. The Morgan fingerprint density at radius 1 is 1.33 bits per heavy atom. The molecule has 0 aliphatic rings. The van der Waals surface area contributed by atoms with E-state index in [-0.39, 0.29) is 11.8 Å². The molecular weight excluding hydrogens is 384 g/mol. The van der Waals surface area contributed by atoms with E-state index in [4.69, 9.17) is 11.6 Å². The Labute approximate surface area is 139 Å². The second kappa shape index (κ2) is 7.54. The van der Waals surface area contributed by atoms with E-state index in [2.05, 4.69) is 26.0 Å². The van der Waals surface area contributed by atoms with Crippen LogP contribution < -0.4 is 10.1 Å². The molecule has 1 unspecified atom stereocenters. The maximum Gasteiger partial charge on any atom is 0.387 e. The van der Waals surface area contributed by atoms with Gasteiger partial charge in [0.05, 0.1) is 6.04 Å². The Bertz CT molecular complexity index is 572. The van der Waals surface area contributed by atoms with E-state index >= 15 is 0 Å². The molecule has 0 amide bonds. The van der Waals surface area contributed by atoms with Gasteiger partial charge in [-0.25, -0.2) is 0 Å². The van der Waals surface area contributed by atoms with Crippen molar-refractivity contribution in [1.29, 1.82) is 0 Å². The number of benzene rings is 1. The molecule has 0 saturated heterocycles. The molecule has 0 fully saturated rings. The van der Waals surface area contributed by atoms with Gasteiger partial charge in [0.25, 0.3) is 0 Å². The monoisotopic (exact) mass is 395 g/mol. The Morgan fingerprint density at radius 2 is 2.00 bits per heavy atom. The zero-order valence-electron chi connectivity index (χ0n) is 11.1. The number of hydrogen-bond donors (Lipinski definition) is 1. The molecule has 0 bridgehead atoms. The van der Waals surface area contributed by atoms with Crippen molar-refractivity contribution in [3.63, 3.8) is 0 Å². The molecule has 0 aliphatic carbocycles. The summed E-state index contributed by atoms with van der Waals surface area (Å²) in [5.41, 5.74) is 0.962. The summed E-state index contributed by atoms with van der Waals surface area (Å²) in [5.74, 6) is 0.148. The molecule has 7 heteroatoms. The molecule has 2 aromatic rings. The second-order valence-corrected chi connectivity index (χ2v) is 6.75. The second-order valence-electron chi connectivity index (χ2n) is 4.21. The number of alkyl halides is 2. The zero-order chi connectivity index (χ0) is 15.4. The smallest absolute Gasteiger partial charge is 0.387 e. The number of thiophene rings is 1. The van der Waals surface area contributed by atoms with Crippen LogP contribution in [0.4, 0.5) is 8.78 Å². The van der Waals surface area contributed by atoms with Crippen LogP contribution >= 0.6 is 38.9 Å². The summed E-state index contributed by atoms with van der Waals surface area (Å²) in [5, 5.41) is 3.36. The van der Waals surface area contributed by atoms with Crippen LogP contribution in [0.5, 0.6) is 5.75 Å². The fraction of sp³-hybridized carbons (Fsp3) is 0.286. The highest BCUT2D eigenvalue weighted by atomic mass is 79.9. The van der Waals surface area contributed by atoms with E-state index in [9.17, 15) is 8.78 Å². The zero-order valence-corrected chi connectivity index (χ0v) is 14.2. The van der Waals surface area contributed by atoms with E-state index in [1.165, 1.54) is 23.5 Å². The first-order valence-electron chi connectivity index (χ1n) is 6.24. The Morgan fingerprint density at radius 3 is 2.48 bits per heavy atom. The topological polar surface area (TPSA) is 21.3 Å². The third-order valence-electron chi connectivity index (χ3n) is 2.80. The lowest BCUT2D eigenvalue weighted by Gasteiger charge is -2.17. The Kier molecular flexibility index (Phi) is 5.98. The largest absolute Gasteiger partial charge is 0.435 e. The quantitative estimate of drug-likeness (QED) is 0.699. The van der Waals surface area contributed by atoms with Gasteiger partial charge in [-0.05, 0) is 46.2 Å². The molecule has 1 aromatic carbocycles. The first-order valence-corrected chi connectivity index (χ1v) is 8.23. The number of rotatable bonds is 6. The molecule has 2 nitrogen and oxygen atoms in total. The maximum absolute atomic E-state index is 12.2. The van der Waals surface area contributed by atoms with Gasteiger partial charge in [0.1, 0.15) is 10.1 Å². The van der Waals surface area contributed by atoms with Crippen molar-refractivity contribution in [3.8, 4) is 5.75 Å². The van der Waals surface area contributed by atoms with Gasteiger partial charge in [0.2, 0.25) is 0 Å². The number of hydrogen-bond acceptors (Lipinski definition) is 3. The van der Waals surface area contributed by atoms with Gasteiger partial charge < -0.3 is 10.1 Å². The number of halogens is 4. The first kappa shape index (κ1) is 16.7. The highest BCUT2D eigenvalue weighted by molar-refractivity contribution is 9.10. The lowest BCUT2D eigenvalue weighted by Crippen LogP contribution is -2.21. The fourth-order valence-electron chi connectivity index (χ4n) is 1.93. The Hall–Kier alpha value is -0.690. The summed E-state index contributed by atoms with van der Waals surface area (Å²) in [6, 6.07) is 8.54. The van der Waals surface area contributed by atoms with Gasteiger partial charge in [-0.3, -0.25) is 0 Å². The molecule has 2 rings (SSSR count). The van der Waals surface area contributed by atoms with Gasteiger partial charge >= 0.3 is 6.61 Å². The minimum atomic E-state index is -2.81. The maximum atomic E-state index is 12.2. The minimum Gasteiger partial charge on any atom is -0.435 e. The first-order chi connectivity index (χ1) is 10.0. The molecule has 1 aromatic heterocycles. The van der Waals surface area contributed by atoms with Crippen molar-refractivity contribution in [2.45, 2.75) is 19.6 Å². The number of nitrogens with one attached hydrogen (secondary N) is 1. The molecule has 21 heavy (non-hydrogen) atoms. The van der Waals surface area contributed by atoms with Gasteiger partial charge in [0, 0.05) is 9.35 Å². The molecule has 1 N–H and O–H groups in total. The SMILES string of the molecule is CCNC(c1ccc(OC(F)F)cc1)c1cc(Br)c(Cl)s1. The molecule has 0 aliphatic heterocycles. The third-order valence-corrected chi connectivity index (χ3v) is 5.34. The van der Waals surface area contributed by atoms with Crippen LogP contribution in [-0.2, 0) is 0 Å². The highest BCUT2D eigenvalue weighted by Crippen LogP contribution is 2.37. The van der Waals surface area contributed by atoms with Crippen LogP contribution in [0, 0.1) is 0 Å². The van der Waals surface area contributed by atoms with Gasteiger partial charge in [-0.15, -0.1) is 11.3 Å². The van der Waals surface area contributed by atoms with Crippen molar-refractivity contribution >= 4 is 38.9 Å². The average molecular weight is 397 g/mol. The summed E-state index contributed by atoms with van der Waals surface area (Å²) in [6.07, 6.45) is 0. The summed E-state index contributed by atoms with van der Waals surface area (Å²) in [7, 11) is 0. The Balaban J connectivity index is 2.25. The third kappa shape index (κ3) is 4.39. The van der Waals surface area contributed by atoms with E-state index in [1.54, 1.807) is 12.1 Å². The summed E-state index contributed by atoms with van der Waals surface area (Å²) < 4.78 is 30.2. The predicted molar refractivity (Wildman–Crippen MR) is 85.6 cm³/mol. The van der Waals surface area contributed by atoms with Gasteiger partial charge in [-0.1, -0.05) is 30.7 Å².